The van der Waals surface area contributed by atoms with Crippen molar-refractivity contribution in [1.82, 2.24) is 9.97 Å². The van der Waals surface area contributed by atoms with E-state index >= 15 is 0 Å². The van der Waals surface area contributed by atoms with Gasteiger partial charge in [-0.25, -0.2) is 13.7 Å². The molecule has 1 aliphatic heterocycles. The molecule has 0 saturated carbocycles. The molecule has 0 amide bonds. The highest BCUT2D eigenvalue weighted by molar-refractivity contribution is 7.66. The Morgan fingerprint density at radius 3 is 2.28 bits per heavy atom. The summed E-state index contributed by atoms with van der Waals surface area (Å²) in [5.41, 5.74) is -0.234. The highest BCUT2D eigenvalue weighted by Crippen LogP contribution is 2.66. The summed E-state index contributed by atoms with van der Waals surface area (Å²) in [5, 5.41) is 20.1. The van der Waals surface area contributed by atoms with Gasteiger partial charge in [0.15, 0.2) is 0 Å². The molecule has 0 bridgehead atoms. The maximum Gasteiger partial charge on any atom is 0.490 e. The van der Waals surface area contributed by atoms with E-state index < -0.39 is 60.1 Å². The van der Waals surface area contributed by atoms with Crippen LogP contribution in [0.1, 0.15) is 17.5 Å². The quantitative estimate of drug-likeness (QED) is 0.210. The lowest BCUT2D eigenvalue weighted by atomic mass is 10.0. The minimum Gasteiger partial charge on any atom is -0.387 e. The van der Waals surface area contributed by atoms with E-state index in [1.54, 1.807) is 0 Å². The van der Waals surface area contributed by atoms with Crippen LogP contribution in [-0.4, -0.2) is 64.7 Å². The van der Waals surface area contributed by atoms with Gasteiger partial charge in [0.05, 0.1) is 18.5 Å². The molecule has 6 atom stereocenters. The molecule has 1 fully saturated rings. The zero-order valence-electron chi connectivity index (χ0n) is 14.3. The maximum atomic E-state index is 11.7. The van der Waals surface area contributed by atoms with Crippen LogP contribution in [0.3, 0.4) is 0 Å². The van der Waals surface area contributed by atoms with E-state index in [1.807, 2.05) is 0 Å². The van der Waals surface area contributed by atoms with Gasteiger partial charge in [-0.15, -0.1) is 0 Å². The Kier molecular flexibility index (Phi) is 7.36. The summed E-state index contributed by atoms with van der Waals surface area (Å²) in [6.45, 7) is 0.492. The summed E-state index contributed by atoms with van der Waals surface area (Å²) < 4.78 is 50.3. The van der Waals surface area contributed by atoms with Gasteiger partial charge < -0.3 is 39.5 Å². The summed E-state index contributed by atoms with van der Waals surface area (Å²) in [5.74, 6) is 0. The minimum absolute atomic E-state index is 0.0667. The van der Waals surface area contributed by atoms with Crippen LogP contribution in [-0.2, 0) is 31.6 Å². The van der Waals surface area contributed by atoms with E-state index in [-0.39, 0.29) is 11.4 Å². The molecule has 29 heavy (non-hydrogen) atoms. The van der Waals surface area contributed by atoms with E-state index in [2.05, 4.69) is 23.1 Å². The Labute approximate surface area is 161 Å². The second-order valence-corrected chi connectivity index (χ2v) is 10.1. The molecule has 166 valence electrons. The molecule has 1 aromatic rings. The van der Waals surface area contributed by atoms with Gasteiger partial charge >= 0.3 is 23.5 Å². The lowest BCUT2D eigenvalue weighted by molar-refractivity contribution is -0.0237. The van der Waals surface area contributed by atoms with Crippen molar-refractivity contribution in [3.8, 4) is 0 Å². The van der Waals surface area contributed by atoms with Gasteiger partial charge in [0.25, 0.3) is 5.56 Å². The number of aryl methyl sites for hydroxylation is 1. The van der Waals surface area contributed by atoms with Crippen molar-refractivity contribution in [1.29, 1.82) is 0 Å². The summed E-state index contributed by atoms with van der Waals surface area (Å²) in [7, 11) is -16.7. The van der Waals surface area contributed by atoms with Crippen molar-refractivity contribution in [2.45, 2.75) is 31.3 Å². The average Bonchev–Trinajstić information content (AvgIpc) is 2.78. The summed E-state index contributed by atoms with van der Waals surface area (Å²) in [6, 6.07) is 0. The minimum atomic E-state index is -5.69. The number of nitrogens with one attached hydrogen (secondary N) is 1. The first-order valence-corrected chi connectivity index (χ1v) is 12.0. The van der Waals surface area contributed by atoms with Gasteiger partial charge in [0.1, 0.15) is 24.4 Å². The van der Waals surface area contributed by atoms with Crippen LogP contribution in [0.4, 0.5) is 0 Å². The number of ether oxygens (including phenoxy) is 1. The molecular formula is C10H17N2O14P3. The van der Waals surface area contributed by atoms with Crippen molar-refractivity contribution in [2.24, 2.45) is 0 Å². The molecule has 7 N–H and O–H groups in total. The SMILES string of the molecule is Cc1[nH]c(=O)cnc1[C@@H]1O[C@H](COP(=O)(O)OP(=O)(O)OP(=O)(O)O)C(O)[C@@H]1O. The third kappa shape index (κ3) is 6.84. The van der Waals surface area contributed by atoms with Crippen LogP contribution in [0.5, 0.6) is 0 Å². The number of rotatable bonds is 8. The number of aliphatic hydroxyl groups is 2. The Bertz CT molecular complexity index is 944. The molecule has 0 radical (unpaired) electrons. The number of nitrogens with zero attached hydrogens (tertiary/aromatic N) is 1. The first-order chi connectivity index (χ1) is 13.1. The van der Waals surface area contributed by atoms with Gasteiger partial charge in [-0.2, -0.15) is 8.62 Å². The number of aromatic amines is 1. The van der Waals surface area contributed by atoms with Crippen LogP contribution in [0, 0.1) is 6.92 Å². The van der Waals surface area contributed by atoms with E-state index in [1.165, 1.54) is 6.92 Å². The Morgan fingerprint density at radius 2 is 1.72 bits per heavy atom. The summed E-state index contributed by atoms with van der Waals surface area (Å²) >= 11 is 0. The molecule has 1 aliphatic rings. The maximum absolute atomic E-state index is 11.7. The van der Waals surface area contributed by atoms with Gasteiger partial charge in [-0.1, -0.05) is 0 Å². The van der Waals surface area contributed by atoms with E-state index in [0.29, 0.717) is 0 Å². The molecule has 0 aromatic carbocycles. The van der Waals surface area contributed by atoms with Crippen molar-refractivity contribution >= 4 is 23.5 Å². The number of aromatic nitrogens is 2. The molecule has 1 saturated heterocycles. The smallest absolute Gasteiger partial charge is 0.387 e. The second-order valence-electron chi connectivity index (χ2n) is 5.72. The zero-order chi connectivity index (χ0) is 22.2. The van der Waals surface area contributed by atoms with Crippen molar-refractivity contribution < 1.29 is 61.4 Å². The van der Waals surface area contributed by atoms with Crippen molar-refractivity contribution in [2.75, 3.05) is 6.61 Å². The first-order valence-electron chi connectivity index (χ1n) is 7.46. The molecule has 0 aliphatic carbocycles. The Balaban J connectivity index is 2.05. The average molecular weight is 482 g/mol. The Hall–Kier alpha value is -0.830. The third-order valence-corrected chi connectivity index (χ3v) is 7.27. The van der Waals surface area contributed by atoms with Crippen LogP contribution < -0.4 is 5.56 Å². The third-order valence-electron chi connectivity index (χ3n) is 3.47. The monoisotopic (exact) mass is 482 g/mol. The molecule has 19 heteroatoms. The molecule has 16 nitrogen and oxygen atoms in total. The van der Waals surface area contributed by atoms with Crippen LogP contribution in [0.25, 0.3) is 0 Å². The summed E-state index contributed by atoms with van der Waals surface area (Å²) in [4.78, 5) is 52.8. The largest absolute Gasteiger partial charge is 0.490 e. The lowest BCUT2D eigenvalue weighted by Crippen LogP contribution is -2.33. The fourth-order valence-electron chi connectivity index (χ4n) is 2.38. The van der Waals surface area contributed by atoms with Gasteiger partial charge in [0.2, 0.25) is 0 Å². The highest BCUT2D eigenvalue weighted by Gasteiger charge is 2.47. The zero-order valence-corrected chi connectivity index (χ0v) is 17.0. The van der Waals surface area contributed by atoms with Crippen molar-refractivity contribution in [3.63, 3.8) is 0 Å². The van der Waals surface area contributed by atoms with Crippen molar-refractivity contribution in [3.05, 3.63) is 27.9 Å². The number of hydrogen-bond donors (Lipinski definition) is 7. The molecular weight excluding hydrogens is 465 g/mol. The standard InChI is InChI=1S/C10H17N2O14P3/c1-4-7(11-2-6(13)12-4)10-9(15)8(14)5(24-10)3-23-28(19,20)26-29(21,22)25-27(16,17)18/h2,5,8-10,14-15H,3H2,1H3,(H,12,13)(H,19,20)(H,21,22)(H2,16,17,18)/t5-,8?,9+,10+/m1/s1. The number of phosphoric acid groups is 3. The number of H-pyrrole nitrogens is 1. The molecule has 1 aromatic heterocycles. The van der Waals surface area contributed by atoms with Gasteiger partial charge in [0, 0.05) is 5.69 Å². The normalized spacial score (nSPS) is 29.3. The van der Waals surface area contributed by atoms with Crippen LogP contribution >= 0.6 is 23.5 Å². The second kappa shape index (κ2) is 8.73. The molecule has 2 rings (SSSR count). The number of phosphoric ester groups is 1. The van der Waals surface area contributed by atoms with Crippen LogP contribution in [0.15, 0.2) is 11.0 Å². The topological polar surface area (TPSA) is 255 Å². The number of aliphatic hydroxyl groups excluding tert-OH is 2. The first kappa shape index (κ1) is 24.4. The fourth-order valence-corrected chi connectivity index (χ4v) is 5.41. The van der Waals surface area contributed by atoms with E-state index in [9.17, 15) is 33.6 Å². The van der Waals surface area contributed by atoms with Gasteiger partial charge in [-0.3, -0.25) is 14.3 Å². The molecule has 3 unspecified atom stereocenters. The highest BCUT2D eigenvalue weighted by atomic mass is 31.3. The Morgan fingerprint density at radius 1 is 1.10 bits per heavy atom. The predicted octanol–water partition coefficient (Wildman–Crippen LogP) is -1.42. The van der Waals surface area contributed by atoms with Gasteiger partial charge in [-0.05, 0) is 6.92 Å². The molecule has 0 spiro atoms. The predicted molar refractivity (Wildman–Crippen MR) is 89.0 cm³/mol. The van der Waals surface area contributed by atoms with Crippen LogP contribution in [0.2, 0.25) is 0 Å². The lowest BCUT2D eigenvalue weighted by Gasteiger charge is -2.19. The van der Waals surface area contributed by atoms with E-state index in [4.69, 9.17) is 19.4 Å². The fraction of sp³-hybridized carbons (Fsp3) is 0.600. The molecule has 2 heterocycles. The number of hydrogen-bond acceptors (Lipinski definition) is 11. The van der Waals surface area contributed by atoms with E-state index in [0.717, 1.165) is 6.20 Å². The summed E-state index contributed by atoms with van der Waals surface area (Å²) in [6.07, 6.45) is -5.05.